The number of fused-ring (bicyclic) bond motifs is 1. The zero-order valence-electron chi connectivity index (χ0n) is 17.4. The van der Waals surface area contributed by atoms with Gasteiger partial charge in [-0.05, 0) is 46.5 Å². The Labute approximate surface area is 171 Å². The maximum Gasteiger partial charge on any atom is 0.246 e. The van der Waals surface area contributed by atoms with Crippen LogP contribution in [-0.4, -0.2) is 58.0 Å². The second-order valence-electron chi connectivity index (χ2n) is 10.4. The first-order valence-electron chi connectivity index (χ1n) is 11.0. The lowest BCUT2D eigenvalue weighted by Crippen LogP contribution is -2.58. The molecule has 2 saturated heterocycles. The van der Waals surface area contributed by atoms with Crippen molar-refractivity contribution in [1.82, 2.24) is 15.5 Å². The molecule has 2 aliphatic carbocycles. The molecule has 4 fully saturated rings. The van der Waals surface area contributed by atoms with Crippen molar-refractivity contribution in [2.24, 2.45) is 11.8 Å². The van der Waals surface area contributed by atoms with E-state index in [2.05, 4.69) is 10.6 Å². The third kappa shape index (κ3) is 2.92. The van der Waals surface area contributed by atoms with Crippen LogP contribution in [0, 0.1) is 11.8 Å². The van der Waals surface area contributed by atoms with Crippen molar-refractivity contribution in [3.63, 3.8) is 0 Å². The summed E-state index contributed by atoms with van der Waals surface area (Å²) in [4.78, 5) is 41.8. The number of nitrogens with zero attached hydrogens (tertiary/aromatic N) is 1. The van der Waals surface area contributed by atoms with Crippen molar-refractivity contribution >= 4 is 17.7 Å². The maximum atomic E-state index is 13.5. The molecule has 1 spiro atoms. The number of hydrogen-bond acceptors (Lipinski definition) is 4. The molecular formula is C22H31N3O4. The van der Waals surface area contributed by atoms with E-state index in [-0.39, 0.29) is 29.8 Å². The van der Waals surface area contributed by atoms with Gasteiger partial charge in [0.1, 0.15) is 11.6 Å². The van der Waals surface area contributed by atoms with Crippen LogP contribution in [-0.2, 0) is 19.1 Å². The molecule has 5 atom stereocenters. The van der Waals surface area contributed by atoms with E-state index < -0.39 is 35.1 Å². The van der Waals surface area contributed by atoms with Crippen LogP contribution >= 0.6 is 0 Å². The summed E-state index contributed by atoms with van der Waals surface area (Å²) in [6.07, 6.45) is 9.39. The molecule has 0 unspecified atom stereocenters. The average molecular weight is 402 g/mol. The van der Waals surface area contributed by atoms with Gasteiger partial charge in [0.2, 0.25) is 17.7 Å². The number of likely N-dealkylation sites (tertiary alicyclic amines) is 1. The fourth-order valence-corrected chi connectivity index (χ4v) is 5.76. The summed E-state index contributed by atoms with van der Waals surface area (Å²) < 4.78 is 6.31. The van der Waals surface area contributed by atoms with Crippen molar-refractivity contribution in [2.45, 2.75) is 94.7 Å². The van der Waals surface area contributed by atoms with E-state index in [9.17, 15) is 14.4 Å². The number of hydrogen-bond donors (Lipinski definition) is 2. The number of nitrogens with one attached hydrogen (secondary N) is 2. The molecule has 0 aromatic rings. The zero-order chi connectivity index (χ0) is 20.6. The Morgan fingerprint density at radius 1 is 1.14 bits per heavy atom. The largest absolute Gasteiger partial charge is 0.359 e. The fraction of sp³-hybridized carbons (Fsp3) is 0.773. The molecule has 5 rings (SSSR count). The Balaban J connectivity index is 1.46. The van der Waals surface area contributed by atoms with Crippen LogP contribution in [0.5, 0.6) is 0 Å². The van der Waals surface area contributed by atoms with E-state index in [4.69, 9.17) is 4.74 Å². The molecule has 0 aromatic heterocycles. The van der Waals surface area contributed by atoms with Gasteiger partial charge in [-0.2, -0.15) is 0 Å². The molecule has 7 nitrogen and oxygen atoms in total. The molecule has 3 heterocycles. The summed E-state index contributed by atoms with van der Waals surface area (Å²) in [5.41, 5.74) is -1.44. The van der Waals surface area contributed by atoms with Gasteiger partial charge in [-0.3, -0.25) is 14.4 Å². The summed E-state index contributed by atoms with van der Waals surface area (Å²) in [6, 6.07) is -0.442. The lowest BCUT2D eigenvalue weighted by Gasteiger charge is -2.34. The molecule has 2 saturated carbocycles. The van der Waals surface area contributed by atoms with E-state index in [1.807, 2.05) is 32.9 Å². The minimum atomic E-state index is -1.03. The number of amides is 3. The molecule has 2 bridgehead atoms. The molecular weight excluding hydrogens is 370 g/mol. The Bertz CT molecular complexity index is 777. The SMILES string of the molecule is CC(C)(C)NC(=O)[C@H]1N(C2CC2)C(=O)[C@H]2[C@@H](C(=O)NC3CCCC3)[C@H]3C=C[C@@]21O3. The normalized spacial score (nSPS) is 38.6. The first-order valence-corrected chi connectivity index (χ1v) is 11.0. The summed E-state index contributed by atoms with van der Waals surface area (Å²) in [5, 5.41) is 6.19. The third-order valence-electron chi connectivity index (χ3n) is 7.00. The van der Waals surface area contributed by atoms with Gasteiger partial charge in [-0.15, -0.1) is 0 Å². The first kappa shape index (κ1) is 19.1. The van der Waals surface area contributed by atoms with Gasteiger partial charge in [0.15, 0.2) is 0 Å². The molecule has 0 radical (unpaired) electrons. The van der Waals surface area contributed by atoms with Crippen LogP contribution in [0.3, 0.4) is 0 Å². The third-order valence-corrected chi connectivity index (χ3v) is 7.00. The number of rotatable bonds is 4. The van der Waals surface area contributed by atoms with E-state index in [1.165, 1.54) is 0 Å². The highest BCUT2D eigenvalue weighted by molar-refractivity contribution is 6.00. The van der Waals surface area contributed by atoms with Gasteiger partial charge in [0.25, 0.3) is 0 Å². The van der Waals surface area contributed by atoms with Crippen LogP contribution in [0.15, 0.2) is 12.2 Å². The van der Waals surface area contributed by atoms with Crippen molar-refractivity contribution in [1.29, 1.82) is 0 Å². The highest BCUT2D eigenvalue weighted by Gasteiger charge is 2.74. The first-order chi connectivity index (χ1) is 13.7. The average Bonchev–Trinajstić information content (AvgIpc) is 2.99. The summed E-state index contributed by atoms with van der Waals surface area (Å²) in [6.45, 7) is 5.79. The highest BCUT2D eigenvalue weighted by Crippen LogP contribution is 2.57. The predicted octanol–water partition coefficient (Wildman–Crippen LogP) is 1.27. The second-order valence-corrected chi connectivity index (χ2v) is 10.4. The van der Waals surface area contributed by atoms with E-state index in [0.29, 0.717) is 0 Å². The van der Waals surface area contributed by atoms with Crippen molar-refractivity contribution in [3.05, 3.63) is 12.2 Å². The van der Waals surface area contributed by atoms with Crippen LogP contribution in [0.1, 0.15) is 59.3 Å². The van der Waals surface area contributed by atoms with Gasteiger partial charge >= 0.3 is 0 Å². The molecule has 2 N–H and O–H groups in total. The van der Waals surface area contributed by atoms with E-state index in [0.717, 1.165) is 38.5 Å². The predicted molar refractivity (Wildman–Crippen MR) is 106 cm³/mol. The van der Waals surface area contributed by atoms with Crippen molar-refractivity contribution in [3.8, 4) is 0 Å². The van der Waals surface area contributed by atoms with Gasteiger partial charge in [0, 0.05) is 17.6 Å². The number of ether oxygens (including phenoxy) is 1. The molecule has 5 aliphatic rings. The quantitative estimate of drug-likeness (QED) is 0.695. The summed E-state index contributed by atoms with van der Waals surface area (Å²) in [7, 11) is 0. The molecule has 3 aliphatic heterocycles. The molecule has 29 heavy (non-hydrogen) atoms. The summed E-state index contributed by atoms with van der Waals surface area (Å²) in [5.74, 6) is -1.56. The van der Waals surface area contributed by atoms with Crippen LogP contribution in [0.4, 0.5) is 0 Å². The van der Waals surface area contributed by atoms with Crippen molar-refractivity contribution in [2.75, 3.05) is 0 Å². The molecule has 158 valence electrons. The van der Waals surface area contributed by atoms with Gasteiger partial charge in [-0.25, -0.2) is 0 Å². The molecule has 3 amide bonds. The lowest BCUT2D eigenvalue weighted by atomic mass is 9.74. The van der Waals surface area contributed by atoms with E-state index in [1.54, 1.807) is 4.90 Å². The molecule has 0 aromatic carbocycles. The Morgan fingerprint density at radius 3 is 2.45 bits per heavy atom. The number of carbonyl (C=O) groups is 3. The van der Waals surface area contributed by atoms with Crippen LogP contribution < -0.4 is 10.6 Å². The van der Waals surface area contributed by atoms with Gasteiger partial charge in [-0.1, -0.05) is 25.0 Å². The minimum absolute atomic E-state index is 0.0767. The second kappa shape index (κ2) is 6.30. The molecule has 7 heteroatoms. The standard InChI is InChI=1S/C22H31N3O4/c1-21(2,3)24-19(27)17-22-11-10-14(29-22)15(18(26)23-12-6-4-5-7-12)16(22)20(28)25(17)13-8-9-13/h10-17H,4-9H2,1-3H3,(H,23,26)(H,24,27)/t14-,15+,16-,17-,22-/m1/s1. The van der Waals surface area contributed by atoms with Crippen LogP contribution in [0.2, 0.25) is 0 Å². The zero-order valence-corrected chi connectivity index (χ0v) is 17.4. The van der Waals surface area contributed by atoms with Crippen LogP contribution in [0.25, 0.3) is 0 Å². The lowest BCUT2D eigenvalue weighted by molar-refractivity contribution is -0.143. The number of carbonyl (C=O) groups excluding carboxylic acids is 3. The summed E-state index contributed by atoms with van der Waals surface area (Å²) >= 11 is 0. The minimum Gasteiger partial charge on any atom is -0.359 e. The van der Waals surface area contributed by atoms with Crippen molar-refractivity contribution < 1.29 is 19.1 Å². The van der Waals surface area contributed by atoms with E-state index >= 15 is 0 Å². The Hall–Kier alpha value is -1.89. The highest BCUT2D eigenvalue weighted by atomic mass is 16.5. The monoisotopic (exact) mass is 401 g/mol. The van der Waals surface area contributed by atoms with Gasteiger partial charge in [0.05, 0.1) is 17.9 Å². The van der Waals surface area contributed by atoms with Gasteiger partial charge < -0.3 is 20.3 Å². The topological polar surface area (TPSA) is 87.7 Å². The fourth-order valence-electron chi connectivity index (χ4n) is 5.76. The maximum absolute atomic E-state index is 13.5. The Kier molecular flexibility index (Phi) is 4.15. The smallest absolute Gasteiger partial charge is 0.246 e. The Morgan fingerprint density at radius 2 is 1.83 bits per heavy atom.